The van der Waals surface area contributed by atoms with Crippen LogP contribution in [0.5, 0.6) is 0 Å². The second-order valence-electron chi connectivity index (χ2n) is 4.29. The van der Waals surface area contributed by atoms with Crippen LogP contribution in [0.25, 0.3) is 0 Å². The highest BCUT2D eigenvalue weighted by Crippen LogP contribution is 2.20. The molecule has 3 nitrogen and oxygen atoms in total. The van der Waals surface area contributed by atoms with Crippen LogP contribution in [0.4, 0.5) is 0 Å². The Hall–Kier alpha value is -0.720. The van der Waals surface area contributed by atoms with Crippen molar-refractivity contribution in [2.75, 3.05) is 7.11 Å². The van der Waals surface area contributed by atoms with E-state index in [1.165, 1.54) is 11.1 Å². The lowest BCUT2D eigenvalue weighted by atomic mass is 10.1. The molecule has 1 heterocycles. The summed E-state index contributed by atoms with van der Waals surface area (Å²) in [7, 11) is 1.64. The first-order valence-electron chi connectivity index (χ1n) is 5.85. The van der Waals surface area contributed by atoms with E-state index in [2.05, 4.69) is 63.7 Å². The van der Waals surface area contributed by atoms with E-state index in [0.717, 1.165) is 15.1 Å². The number of aryl methyl sites for hydroxylation is 1. The number of benzene rings is 1. The molecule has 1 aromatic heterocycles. The largest absolute Gasteiger partial charge is 0.378 e. The van der Waals surface area contributed by atoms with Gasteiger partial charge in [0.15, 0.2) is 0 Å². The summed E-state index contributed by atoms with van der Waals surface area (Å²) in [4.78, 5) is 8.84. The second-order valence-corrected chi connectivity index (χ2v) is 5.72. The number of hydrogen-bond acceptors (Lipinski definition) is 3. The topological polar surface area (TPSA) is 35.0 Å². The van der Waals surface area contributed by atoms with E-state index in [0.29, 0.717) is 18.2 Å². The average Bonchev–Trinajstić information content (AvgIpc) is 2.38. The molecular formula is C14H14ClIN2O. The van der Waals surface area contributed by atoms with Gasteiger partial charge in [-0.1, -0.05) is 41.4 Å². The predicted molar refractivity (Wildman–Crippen MR) is 84.5 cm³/mol. The molecule has 2 aromatic rings. The molecule has 0 bridgehead atoms. The Morgan fingerprint density at radius 3 is 2.53 bits per heavy atom. The van der Waals surface area contributed by atoms with Crippen molar-refractivity contribution < 1.29 is 4.74 Å². The Morgan fingerprint density at radius 1 is 1.21 bits per heavy atom. The first kappa shape index (κ1) is 14.7. The molecule has 0 saturated heterocycles. The number of nitrogens with zero attached hydrogens (tertiary/aromatic N) is 2. The van der Waals surface area contributed by atoms with Crippen LogP contribution in [0.1, 0.15) is 22.6 Å². The minimum Gasteiger partial charge on any atom is -0.378 e. The van der Waals surface area contributed by atoms with Gasteiger partial charge in [-0.3, -0.25) is 0 Å². The highest BCUT2D eigenvalue weighted by Gasteiger charge is 2.11. The Bertz CT molecular complexity index is 572. The lowest BCUT2D eigenvalue weighted by Gasteiger charge is -2.08. The smallest absolute Gasteiger partial charge is 0.146 e. The van der Waals surface area contributed by atoms with Gasteiger partial charge in [0, 0.05) is 13.5 Å². The molecule has 1 aromatic carbocycles. The van der Waals surface area contributed by atoms with Gasteiger partial charge >= 0.3 is 0 Å². The van der Waals surface area contributed by atoms with Crippen LogP contribution in [-0.2, 0) is 17.8 Å². The van der Waals surface area contributed by atoms with Crippen molar-refractivity contribution in [3.8, 4) is 0 Å². The van der Waals surface area contributed by atoms with Gasteiger partial charge in [-0.2, -0.15) is 0 Å². The third-order valence-corrected chi connectivity index (χ3v) is 4.42. The van der Waals surface area contributed by atoms with E-state index in [-0.39, 0.29) is 0 Å². The van der Waals surface area contributed by atoms with Gasteiger partial charge < -0.3 is 4.74 Å². The summed E-state index contributed by atoms with van der Waals surface area (Å²) in [6.45, 7) is 2.51. The quantitative estimate of drug-likeness (QED) is 0.590. The monoisotopic (exact) mass is 388 g/mol. The maximum absolute atomic E-state index is 6.13. The fraction of sp³-hybridized carbons (Fsp3) is 0.286. The standard InChI is InChI=1S/C14H14ClIN2O/c1-9-3-5-10(6-4-9)7-12-17-11(8-19-2)13(16)14(15)18-12/h3-6H,7-8H2,1-2H3. The van der Waals surface area contributed by atoms with Gasteiger partial charge in [0.1, 0.15) is 11.0 Å². The van der Waals surface area contributed by atoms with Crippen LogP contribution in [0.2, 0.25) is 5.15 Å². The van der Waals surface area contributed by atoms with Crippen LogP contribution in [0.15, 0.2) is 24.3 Å². The molecule has 19 heavy (non-hydrogen) atoms. The van der Waals surface area contributed by atoms with Crippen molar-refractivity contribution in [1.29, 1.82) is 0 Å². The molecule has 0 aliphatic carbocycles. The van der Waals surface area contributed by atoms with E-state index in [9.17, 15) is 0 Å². The molecule has 0 unspecified atom stereocenters. The highest BCUT2D eigenvalue weighted by molar-refractivity contribution is 14.1. The molecule has 2 rings (SSSR count). The minimum absolute atomic E-state index is 0.446. The first-order chi connectivity index (χ1) is 9.10. The number of rotatable bonds is 4. The number of aromatic nitrogens is 2. The molecular weight excluding hydrogens is 375 g/mol. The molecule has 0 amide bonds. The normalized spacial score (nSPS) is 10.7. The number of methoxy groups -OCH3 is 1. The van der Waals surface area contributed by atoms with Gasteiger partial charge in [-0.05, 0) is 35.1 Å². The Kier molecular flexibility index (Phi) is 5.13. The summed E-state index contributed by atoms with van der Waals surface area (Å²) >= 11 is 8.28. The van der Waals surface area contributed by atoms with Crippen molar-refractivity contribution in [3.05, 3.63) is 55.6 Å². The molecule has 0 saturated carbocycles. The fourth-order valence-corrected chi connectivity index (χ4v) is 2.31. The highest BCUT2D eigenvalue weighted by atomic mass is 127. The third-order valence-electron chi connectivity index (χ3n) is 2.69. The van der Waals surface area contributed by atoms with E-state index in [1.807, 2.05) is 0 Å². The van der Waals surface area contributed by atoms with Crippen LogP contribution >= 0.6 is 34.2 Å². The molecule has 100 valence electrons. The summed E-state index contributed by atoms with van der Waals surface area (Å²) < 4.78 is 5.99. The third kappa shape index (κ3) is 3.87. The van der Waals surface area contributed by atoms with Crippen molar-refractivity contribution in [2.45, 2.75) is 20.0 Å². The fourth-order valence-electron chi connectivity index (χ4n) is 1.71. The second kappa shape index (κ2) is 6.63. The SMILES string of the molecule is COCc1nc(Cc2ccc(C)cc2)nc(Cl)c1I. The van der Waals surface area contributed by atoms with Crippen molar-refractivity contribution in [2.24, 2.45) is 0 Å². The minimum atomic E-state index is 0.446. The summed E-state index contributed by atoms with van der Waals surface area (Å²) in [6, 6.07) is 8.33. The number of ether oxygens (including phenoxy) is 1. The summed E-state index contributed by atoms with van der Waals surface area (Å²) in [6.07, 6.45) is 0.674. The molecule has 0 aliphatic heterocycles. The van der Waals surface area contributed by atoms with Crippen LogP contribution in [0.3, 0.4) is 0 Å². The predicted octanol–water partition coefficient (Wildman–Crippen LogP) is 3.78. The molecule has 0 fully saturated rings. The summed E-state index contributed by atoms with van der Waals surface area (Å²) in [5.41, 5.74) is 3.25. The van der Waals surface area contributed by atoms with E-state index in [1.54, 1.807) is 7.11 Å². The Labute approximate surface area is 131 Å². The molecule has 0 radical (unpaired) electrons. The lowest BCUT2D eigenvalue weighted by molar-refractivity contribution is 0.180. The van der Waals surface area contributed by atoms with Crippen LogP contribution in [-0.4, -0.2) is 17.1 Å². The first-order valence-corrected chi connectivity index (χ1v) is 7.31. The molecule has 0 aliphatic rings. The zero-order valence-corrected chi connectivity index (χ0v) is 13.7. The zero-order chi connectivity index (χ0) is 13.8. The number of halogens is 2. The van der Waals surface area contributed by atoms with E-state index < -0.39 is 0 Å². The van der Waals surface area contributed by atoms with Gasteiger partial charge in [-0.15, -0.1) is 0 Å². The maximum Gasteiger partial charge on any atom is 0.146 e. The van der Waals surface area contributed by atoms with Gasteiger partial charge in [-0.25, -0.2) is 9.97 Å². The Balaban J connectivity index is 2.27. The molecule has 0 spiro atoms. The summed E-state index contributed by atoms with van der Waals surface area (Å²) in [5.74, 6) is 0.723. The van der Waals surface area contributed by atoms with Gasteiger partial charge in [0.2, 0.25) is 0 Å². The molecule has 0 N–H and O–H groups in total. The molecule has 0 atom stereocenters. The summed E-state index contributed by atoms with van der Waals surface area (Å²) in [5, 5.41) is 0.491. The van der Waals surface area contributed by atoms with Gasteiger partial charge in [0.25, 0.3) is 0 Å². The lowest BCUT2D eigenvalue weighted by Crippen LogP contribution is -2.05. The van der Waals surface area contributed by atoms with Crippen molar-refractivity contribution in [1.82, 2.24) is 9.97 Å². The molecule has 5 heteroatoms. The maximum atomic E-state index is 6.13. The zero-order valence-electron chi connectivity index (χ0n) is 10.8. The van der Waals surface area contributed by atoms with Gasteiger partial charge in [0.05, 0.1) is 15.9 Å². The number of hydrogen-bond donors (Lipinski definition) is 0. The van der Waals surface area contributed by atoms with Crippen molar-refractivity contribution in [3.63, 3.8) is 0 Å². The van der Waals surface area contributed by atoms with Crippen LogP contribution < -0.4 is 0 Å². The van der Waals surface area contributed by atoms with E-state index >= 15 is 0 Å². The Morgan fingerprint density at radius 2 is 1.89 bits per heavy atom. The van der Waals surface area contributed by atoms with Crippen molar-refractivity contribution >= 4 is 34.2 Å². The van der Waals surface area contributed by atoms with E-state index in [4.69, 9.17) is 16.3 Å². The van der Waals surface area contributed by atoms with Crippen LogP contribution in [0, 0.1) is 10.5 Å². The average molecular weight is 389 g/mol.